The van der Waals surface area contributed by atoms with E-state index in [1.807, 2.05) is 26.0 Å². The van der Waals surface area contributed by atoms with Crippen LogP contribution in [-0.2, 0) is 12.8 Å². The standard InChI is InChI=1S/C25H31NO3.ClH/c1-15(2)28-18-10-8-16(9-11-18)22-21-17(13-24(3,4)26-22)12-20(27-7)23-19(21)14-25(5,6)29-23;/h8-12,15H,13-14H2,1-7H3;1H. The van der Waals surface area contributed by atoms with E-state index in [4.69, 9.17) is 19.2 Å². The zero-order valence-corrected chi connectivity index (χ0v) is 19.8. The minimum absolute atomic E-state index is 0. The van der Waals surface area contributed by atoms with Gasteiger partial charge in [0.25, 0.3) is 0 Å². The SMILES string of the molecule is COc1cc2c(c3c1OC(C)(C)C3)C(c1ccc(OC(C)C)cc1)=NC(C)(C)C2.Cl. The van der Waals surface area contributed by atoms with Crippen molar-refractivity contribution in [3.8, 4) is 17.2 Å². The monoisotopic (exact) mass is 429 g/mol. The van der Waals surface area contributed by atoms with E-state index in [1.165, 1.54) is 16.7 Å². The second-order valence-electron chi connectivity index (χ2n) is 9.60. The molecule has 0 saturated heterocycles. The molecule has 0 bridgehead atoms. The first kappa shape index (κ1) is 22.5. The topological polar surface area (TPSA) is 40.0 Å². The highest BCUT2D eigenvalue weighted by atomic mass is 35.5. The number of nitrogens with zero attached hydrogens (tertiary/aromatic N) is 1. The summed E-state index contributed by atoms with van der Waals surface area (Å²) in [5, 5.41) is 0. The molecule has 2 aliphatic heterocycles. The van der Waals surface area contributed by atoms with E-state index in [2.05, 4.69) is 45.9 Å². The molecule has 0 atom stereocenters. The van der Waals surface area contributed by atoms with Crippen molar-refractivity contribution in [3.63, 3.8) is 0 Å². The van der Waals surface area contributed by atoms with Crippen LogP contribution in [0.5, 0.6) is 17.2 Å². The van der Waals surface area contributed by atoms with E-state index >= 15 is 0 Å². The third kappa shape index (κ3) is 4.15. The molecule has 0 unspecified atom stereocenters. The molecule has 0 N–H and O–H groups in total. The Kier molecular flexibility index (Phi) is 5.85. The van der Waals surface area contributed by atoms with E-state index < -0.39 is 0 Å². The predicted molar refractivity (Wildman–Crippen MR) is 124 cm³/mol. The number of fused-ring (bicyclic) bond motifs is 3. The van der Waals surface area contributed by atoms with Crippen LogP contribution in [0.4, 0.5) is 0 Å². The number of hydrogen-bond acceptors (Lipinski definition) is 4. The first-order chi connectivity index (χ1) is 13.6. The highest BCUT2D eigenvalue weighted by Crippen LogP contribution is 2.47. The molecule has 5 heteroatoms. The van der Waals surface area contributed by atoms with Crippen molar-refractivity contribution in [1.82, 2.24) is 0 Å². The molecule has 2 aliphatic rings. The quantitative estimate of drug-likeness (QED) is 0.617. The van der Waals surface area contributed by atoms with Gasteiger partial charge in [0.05, 0.1) is 24.5 Å². The summed E-state index contributed by atoms with van der Waals surface area (Å²) < 4.78 is 17.8. The maximum Gasteiger partial charge on any atom is 0.166 e. The van der Waals surface area contributed by atoms with Crippen LogP contribution >= 0.6 is 12.4 Å². The van der Waals surface area contributed by atoms with Crippen LogP contribution in [0.1, 0.15) is 63.8 Å². The molecule has 0 spiro atoms. The smallest absolute Gasteiger partial charge is 0.166 e. The Morgan fingerprint density at radius 3 is 2.30 bits per heavy atom. The lowest BCUT2D eigenvalue weighted by Gasteiger charge is -2.31. The molecule has 4 rings (SSSR count). The zero-order chi connectivity index (χ0) is 21.0. The lowest BCUT2D eigenvalue weighted by molar-refractivity contribution is 0.134. The van der Waals surface area contributed by atoms with E-state index in [9.17, 15) is 0 Å². The molecule has 0 aliphatic carbocycles. The number of rotatable bonds is 4. The average Bonchev–Trinajstić information content (AvgIpc) is 2.94. The molecule has 4 nitrogen and oxygen atoms in total. The highest BCUT2D eigenvalue weighted by Gasteiger charge is 2.39. The van der Waals surface area contributed by atoms with Gasteiger partial charge in [0, 0.05) is 23.1 Å². The number of methoxy groups -OCH3 is 1. The van der Waals surface area contributed by atoms with Crippen molar-refractivity contribution in [2.24, 2.45) is 4.99 Å². The normalized spacial score (nSPS) is 17.9. The molecule has 2 aromatic rings. The number of aliphatic imine (C=N–C) groups is 1. The van der Waals surface area contributed by atoms with Gasteiger partial charge in [-0.1, -0.05) is 0 Å². The van der Waals surface area contributed by atoms with Gasteiger partial charge in [0.15, 0.2) is 11.5 Å². The molecule has 0 aromatic heterocycles. The zero-order valence-electron chi connectivity index (χ0n) is 19.0. The summed E-state index contributed by atoms with van der Waals surface area (Å²) in [5.74, 6) is 2.56. The summed E-state index contributed by atoms with van der Waals surface area (Å²) in [4.78, 5) is 5.18. The largest absolute Gasteiger partial charge is 0.493 e. The van der Waals surface area contributed by atoms with Crippen LogP contribution < -0.4 is 14.2 Å². The fraction of sp³-hybridized carbons (Fsp3) is 0.480. The van der Waals surface area contributed by atoms with Crippen LogP contribution in [0.25, 0.3) is 0 Å². The number of ether oxygens (including phenoxy) is 3. The average molecular weight is 430 g/mol. The Hall–Kier alpha value is -2.20. The lowest BCUT2D eigenvalue weighted by Crippen LogP contribution is -2.30. The maximum absolute atomic E-state index is 6.28. The van der Waals surface area contributed by atoms with E-state index in [-0.39, 0.29) is 29.7 Å². The van der Waals surface area contributed by atoms with Gasteiger partial charge in [-0.05, 0) is 83.9 Å². The summed E-state index contributed by atoms with van der Waals surface area (Å²) in [7, 11) is 1.72. The van der Waals surface area contributed by atoms with Crippen LogP contribution in [0.2, 0.25) is 0 Å². The van der Waals surface area contributed by atoms with Crippen molar-refractivity contribution in [2.45, 2.75) is 71.6 Å². The third-order valence-electron chi connectivity index (χ3n) is 5.40. The fourth-order valence-corrected chi connectivity index (χ4v) is 4.39. The van der Waals surface area contributed by atoms with Gasteiger partial charge >= 0.3 is 0 Å². The molecule has 0 saturated carbocycles. The van der Waals surface area contributed by atoms with Crippen LogP contribution in [0.15, 0.2) is 35.3 Å². The van der Waals surface area contributed by atoms with Gasteiger partial charge in [-0.25, -0.2) is 0 Å². The van der Waals surface area contributed by atoms with Crippen LogP contribution in [0, 0.1) is 0 Å². The van der Waals surface area contributed by atoms with Gasteiger partial charge in [0.2, 0.25) is 0 Å². The molecular weight excluding hydrogens is 398 g/mol. The minimum atomic E-state index is -0.252. The number of hydrogen-bond donors (Lipinski definition) is 0. The Labute approximate surface area is 186 Å². The Bertz CT molecular complexity index is 975. The first-order valence-electron chi connectivity index (χ1n) is 10.4. The van der Waals surface area contributed by atoms with Crippen LogP contribution in [0.3, 0.4) is 0 Å². The maximum atomic E-state index is 6.28. The van der Waals surface area contributed by atoms with E-state index in [0.29, 0.717) is 0 Å². The van der Waals surface area contributed by atoms with Gasteiger partial charge in [-0.15, -0.1) is 12.4 Å². The molecular formula is C25H32ClNO3. The lowest BCUT2D eigenvalue weighted by atomic mass is 9.81. The number of halogens is 1. The van der Waals surface area contributed by atoms with Gasteiger partial charge in [-0.2, -0.15) is 0 Å². The molecule has 30 heavy (non-hydrogen) atoms. The van der Waals surface area contributed by atoms with Crippen LogP contribution in [-0.4, -0.2) is 30.1 Å². The second-order valence-corrected chi connectivity index (χ2v) is 9.60. The van der Waals surface area contributed by atoms with Crippen molar-refractivity contribution in [2.75, 3.05) is 7.11 Å². The Morgan fingerprint density at radius 1 is 1.03 bits per heavy atom. The molecule has 0 radical (unpaired) electrons. The summed E-state index contributed by atoms with van der Waals surface area (Å²) in [6.45, 7) is 12.7. The molecule has 2 aromatic carbocycles. The third-order valence-corrected chi connectivity index (χ3v) is 5.40. The molecule has 162 valence electrons. The summed E-state index contributed by atoms with van der Waals surface area (Å²) in [6, 6.07) is 10.4. The first-order valence-corrected chi connectivity index (χ1v) is 10.4. The van der Waals surface area contributed by atoms with Crippen molar-refractivity contribution in [3.05, 3.63) is 52.6 Å². The second kappa shape index (κ2) is 7.81. The van der Waals surface area contributed by atoms with Crippen molar-refractivity contribution < 1.29 is 14.2 Å². The minimum Gasteiger partial charge on any atom is -0.493 e. The summed E-state index contributed by atoms with van der Waals surface area (Å²) in [5.41, 5.74) is 5.41. The Balaban J connectivity index is 0.00000256. The number of benzene rings is 2. The van der Waals surface area contributed by atoms with E-state index in [0.717, 1.165) is 41.4 Å². The van der Waals surface area contributed by atoms with Gasteiger partial charge in [0.1, 0.15) is 11.4 Å². The molecule has 2 heterocycles. The molecule has 0 amide bonds. The van der Waals surface area contributed by atoms with E-state index in [1.54, 1.807) is 7.11 Å². The summed E-state index contributed by atoms with van der Waals surface area (Å²) in [6.07, 6.45) is 1.88. The predicted octanol–water partition coefficient (Wildman–Crippen LogP) is 5.79. The molecule has 0 fully saturated rings. The van der Waals surface area contributed by atoms with Gasteiger partial charge in [-0.3, -0.25) is 4.99 Å². The van der Waals surface area contributed by atoms with Crippen molar-refractivity contribution >= 4 is 18.1 Å². The summed E-state index contributed by atoms with van der Waals surface area (Å²) >= 11 is 0. The fourth-order valence-electron chi connectivity index (χ4n) is 4.39. The van der Waals surface area contributed by atoms with Gasteiger partial charge < -0.3 is 14.2 Å². The van der Waals surface area contributed by atoms with Crippen molar-refractivity contribution in [1.29, 1.82) is 0 Å². The Morgan fingerprint density at radius 2 is 1.70 bits per heavy atom. The highest BCUT2D eigenvalue weighted by molar-refractivity contribution is 6.16.